The van der Waals surface area contributed by atoms with Gasteiger partial charge in [-0.1, -0.05) is 66.7 Å². The van der Waals surface area contributed by atoms with Crippen molar-refractivity contribution in [1.29, 1.82) is 0 Å². The summed E-state index contributed by atoms with van der Waals surface area (Å²) in [5, 5.41) is 5.94. The van der Waals surface area contributed by atoms with Gasteiger partial charge in [0.05, 0.1) is 19.8 Å². The Labute approximate surface area is 282 Å². The van der Waals surface area contributed by atoms with Crippen molar-refractivity contribution in [3.8, 4) is 5.75 Å². The maximum absolute atomic E-state index is 14.1. The number of amides is 2. The topological polar surface area (TPSA) is 93.7 Å². The summed E-state index contributed by atoms with van der Waals surface area (Å²) >= 11 is 2.84. The van der Waals surface area contributed by atoms with Gasteiger partial charge in [-0.25, -0.2) is 4.79 Å². The first-order valence-electron chi connectivity index (χ1n) is 15.3. The van der Waals surface area contributed by atoms with Crippen molar-refractivity contribution in [3.63, 3.8) is 0 Å². The number of thioether (sulfide) groups is 1. The highest BCUT2D eigenvalue weighted by molar-refractivity contribution is 8.00. The van der Waals surface area contributed by atoms with Crippen LogP contribution in [-0.4, -0.2) is 32.0 Å². The Morgan fingerprint density at radius 1 is 0.851 bits per heavy atom. The van der Waals surface area contributed by atoms with Gasteiger partial charge in [0.1, 0.15) is 16.0 Å². The zero-order valence-electron chi connectivity index (χ0n) is 26.0. The highest BCUT2D eigenvalue weighted by Gasteiger charge is 2.32. The Hall–Kier alpha value is -4.86. The molecule has 2 atom stereocenters. The first-order valence-corrected chi connectivity index (χ1v) is 17.0. The molecule has 2 N–H and O–H groups in total. The lowest BCUT2D eigenvalue weighted by Crippen LogP contribution is -2.20. The van der Waals surface area contributed by atoms with Gasteiger partial charge in [0.2, 0.25) is 5.91 Å². The molecule has 1 aliphatic rings. The van der Waals surface area contributed by atoms with E-state index in [0.29, 0.717) is 33.5 Å². The molecule has 2 amide bonds. The van der Waals surface area contributed by atoms with Crippen LogP contribution >= 0.6 is 23.1 Å². The molecule has 0 saturated heterocycles. The SMILES string of the molecule is COC(=O)c1c(NC(=O)C(Sc2cccc(NC(=O)c3ccc(OC)cc3)c2)c2ccccc2)sc2c1CCC(c1ccccc1)C2. The fourth-order valence-corrected chi connectivity index (χ4v) is 8.21. The first-order chi connectivity index (χ1) is 22.9. The van der Waals surface area contributed by atoms with Crippen molar-refractivity contribution in [2.45, 2.75) is 35.3 Å². The largest absolute Gasteiger partial charge is 0.497 e. The molecule has 0 fully saturated rings. The number of fused-ring (bicyclic) bond motifs is 1. The highest BCUT2D eigenvalue weighted by atomic mass is 32.2. The second-order valence-corrected chi connectivity index (χ2v) is 13.4. The minimum atomic E-state index is -0.634. The van der Waals surface area contributed by atoms with Gasteiger partial charge in [0, 0.05) is 21.0 Å². The summed E-state index contributed by atoms with van der Waals surface area (Å²) in [7, 11) is 2.95. The van der Waals surface area contributed by atoms with Crippen molar-refractivity contribution >= 4 is 51.6 Å². The second-order valence-electron chi connectivity index (χ2n) is 11.2. The van der Waals surface area contributed by atoms with Crippen LogP contribution in [0.5, 0.6) is 5.75 Å². The van der Waals surface area contributed by atoms with Gasteiger partial charge < -0.3 is 20.1 Å². The molecule has 2 unspecified atom stereocenters. The third-order valence-corrected chi connectivity index (χ3v) is 10.6. The van der Waals surface area contributed by atoms with Crippen LogP contribution in [0.4, 0.5) is 10.7 Å². The van der Waals surface area contributed by atoms with Gasteiger partial charge in [-0.2, -0.15) is 0 Å². The highest BCUT2D eigenvalue weighted by Crippen LogP contribution is 2.44. The van der Waals surface area contributed by atoms with E-state index >= 15 is 0 Å². The van der Waals surface area contributed by atoms with E-state index in [1.807, 2.05) is 60.7 Å². The molecule has 9 heteroatoms. The van der Waals surface area contributed by atoms with Gasteiger partial charge in [-0.15, -0.1) is 23.1 Å². The van der Waals surface area contributed by atoms with Crippen LogP contribution < -0.4 is 15.4 Å². The number of hydrogen-bond donors (Lipinski definition) is 2. The number of anilines is 2. The van der Waals surface area contributed by atoms with E-state index in [1.54, 1.807) is 31.4 Å². The Balaban J connectivity index is 1.24. The van der Waals surface area contributed by atoms with Crippen LogP contribution in [0, 0.1) is 0 Å². The van der Waals surface area contributed by atoms with Gasteiger partial charge in [0.25, 0.3) is 5.91 Å². The predicted octanol–water partition coefficient (Wildman–Crippen LogP) is 8.54. The smallest absolute Gasteiger partial charge is 0.341 e. The number of esters is 1. The van der Waals surface area contributed by atoms with Gasteiger partial charge in [0.15, 0.2) is 0 Å². The number of methoxy groups -OCH3 is 2. The number of carbonyl (C=O) groups excluding carboxylic acids is 3. The summed E-state index contributed by atoms with van der Waals surface area (Å²) in [4.78, 5) is 42.0. The average molecular weight is 663 g/mol. The minimum Gasteiger partial charge on any atom is -0.497 e. The van der Waals surface area contributed by atoms with Crippen molar-refractivity contribution in [1.82, 2.24) is 0 Å². The van der Waals surface area contributed by atoms with Crippen molar-refractivity contribution in [2.75, 3.05) is 24.9 Å². The minimum absolute atomic E-state index is 0.251. The number of ether oxygens (including phenoxy) is 2. The first kappa shape index (κ1) is 32.1. The molecule has 47 heavy (non-hydrogen) atoms. The van der Waals surface area contributed by atoms with E-state index in [-0.39, 0.29) is 11.8 Å². The monoisotopic (exact) mass is 662 g/mol. The molecule has 238 valence electrons. The van der Waals surface area contributed by atoms with Crippen LogP contribution in [0.25, 0.3) is 0 Å². The normalized spacial score (nSPS) is 14.4. The number of hydrogen-bond acceptors (Lipinski definition) is 7. The van der Waals surface area contributed by atoms with E-state index in [1.165, 1.54) is 35.8 Å². The number of carbonyl (C=O) groups is 3. The standard InChI is InChI=1S/C38H34N2O5S2/c1-44-29-19-16-26(17-20-29)35(41)39-28-14-9-15-30(23-28)46-34(25-12-7-4-8-13-25)36(42)40-37-33(38(43)45-2)31-21-18-27(22-32(31)47-37)24-10-5-3-6-11-24/h3-17,19-20,23,27,34H,18,21-22H2,1-2H3,(H,39,41)(H,40,42). The molecule has 0 saturated carbocycles. The zero-order valence-corrected chi connectivity index (χ0v) is 27.7. The Bertz CT molecular complexity index is 1870. The van der Waals surface area contributed by atoms with Gasteiger partial charge in [-0.05, 0) is 84.3 Å². The molecule has 4 aromatic carbocycles. The number of thiophene rings is 1. The molecule has 0 spiro atoms. The molecular formula is C38H34N2O5S2. The van der Waals surface area contributed by atoms with Crippen LogP contribution in [0.1, 0.15) is 59.9 Å². The van der Waals surface area contributed by atoms with E-state index in [4.69, 9.17) is 9.47 Å². The summed E-state index contributed by atoms with van der Waals surface area (Å²) in [6.45, 7) is 0. The summed E-state index contributed by atoms with van der Waals surface area (Å²) in [6.07, 6.45) is 2.45. The van der Waals surface area contributed by atoms with Gasteiger partial charge in [-0.3, -0.25) is 9.59 Å². The number of benzene rings is 4. The maximum Gasteiger partial charge on any atom is 0.341 e. The fraction of sp³-hybridized carbons (Fsp3) is 0.184. The van der Waals surface area contributed by atoms with E-state index in [2.05, 4.69) is 34.9 Å². The molecule has 6 rings (SSSR count). The summed E-state index contributed by atoms with van der Waals surface area (Å²) < 4.78 is 10.4. The van der Waals surface area contributed by atoms with E-state index in [9.17, 15) is 14.4 Å². The number of rotatable bonds is 10. The van der Waals surface area contributed by atoms with Crippen LogP contribution in [-0.2, 0) is 22.4 Å². The molecule has 0 bridgehead atoms. The van der Waals surface area contributed by atoms with Crippen molar-refractivity contribution < 1.29 is 23.9 Å². The van der Waals surface area contributed by atoms with Crippen LogP contribution in [0.15, 0.2) is 114 Å². The third-order valence-electron chi connectivity index (χ3n) is 8.20. The lowest BCUT2D eigenvalue weighted by Gasteiger charge is -2.22. The van der Waals surface area contributed by atoms with Crippen LogP contribution in [0.2, 0.25) is 0 Å². The van der Waals surface area contributed by atoms with Crippen molar-refractivity contribution in [2.24, 2.45) is 0 Å². The lowest BCUT2D eigenvalue weighted by molar-refractivity contribution is -0.115. The lowest BCUT2D eigenvalue weighted by atomic mass is 9.83. The fourth-order valence-electron chi connectivity index (χ4n) is 5.81. The average Bonchev–Trinajstić information content (AvgIpc) is 3.48. The zero-order chi connectivity index (χ0) is 32.8. The molecule has 0 aliphatic heterocycles. The maximum atomic E-state index is 14.1. The van der Waals surface area contributed by atoms with Crippen molar-refractivity contribution in [3.05, 3.63) is 142 Å². The second kappa shape index (κ2) is 14.7. The van der Waals surface area contributed by atoms with E-state index in [0.717, 1.165) is 40.2 Å². The van der Waals surface area contributed by atoms with E-state index < -0.39 is 11.2 Å². The summed E-state index contributed by atoms with van der Waals surface area (Å²) in [5.41, 5.74) is 4.61. The summed E-state index contributed by atoms with van der Waals surface area (Å²) in [5.74, 6) is 0.0700. The molecule has 5 aromatic rings. The quantitative estimate of drug-likeness (QED) is 0.115. The third kappa shape index (κ3) is 7.42. The molecule has 1 heterocycles. The molecule has 0 radical (unpaired) electrons. The number of nitrogens with one attached hydrogen (secondary N) is 2. The summed E-state index contributed by atoms with van der Waals surface area (Å²) in [6, 6.07) is 34.2. The molecular weight excluding hydrogens is 629 g/mol. The Morgan fingerprint density at radius 2 is 1.57 bits per heavy atom. The molecule has 7 nitrogen and oxygen atoms in total. The Kier molecular flexibility index (Phi) is 10.0. The Morgan fingerprint density at radius 3 is 2.28 bits per heavy atom. The molecule has 1 aromatic heterocycles. The van der Waals surface area contributed by atoms with Crippen LogP contribution in [0.3, 0.4) is 0 Å². The predicted molar refractivity (Wildman–Crippen MR) is 188 cm³/mol. The molecule has 1 aliphatic carbocycles. The van der Waals surface area contributed by atoms with Gasteiger partial charge >= 0.3 is 5.97 Å².